The van der Waals surface area contributed by atoms with Crippen molar-refractivity contribution in [3.8, 4) is 0 Å². The van der Waals surface area contributed by atoms with Crippen LogP contribution >= 0.6 is 8.19 Å². The molecule has 0 aliphatic carbocycles. The van der Waals surface area contributed by atoms with Crippen LogP contribution in [0.4, 0.5) is 0 Å². The molecule has 0 atom stereocenters. The van der Waals surface area contributed by atoms with Crippen LogP contribution in [0, 0.1) is 0 Å². The molecule has 0 aliphatic heterocycles. The lowest BCUT2D eigenvalue weighted by Crippen LogP contribution is -1.92. The summed E-state index contributed by atoms with van der Waals surface area (Å²) in [5.74, 6) is 0. The van der Waals surface area contributed by atoms with Gasteiger partial charge < -0.3 is 0 Å². The number of aromatic nitrogens is 2. The van der Waals surface area contributed by atoms with E-state index in [0.29, 0.717) is 0 Å². The standard InChI is InChI=1S/C2H3N2O2P/c5-1-3-4-2(6)7-1/h7H,(H,3,5)(H,4,6). The zero-order chi connectivity index (χ0) is 5.28. The Kier molecular flexibility index (Phi) is 0.872. The first kappa shape index (κ1) is 4.40. The highest BCUT2D eigenvalue weighted by molar-refractivity contribution is 7.27. The summed E-state index contributed by atoms with van der Waals surface area (Å²) in [6.45, 7) is 0. The zero-order valence-corrected chi connectivity index (χ0v) is 4.32. The summed E-state index contributed by atoms with van der Waals surface area (Å²) in [6.07, 6.45) is 0. The van der Waals surface area contributed by atoms with Gasteiger partial charge in [-0.25, -0.2) is 0 Å². The van der Waals surface area contributed by atoms with Crippen molar-refractivity contribution < 1.29 is 0 Å². The molecule has 0 bridgehead atoms. The van der Waals surface area contributed by atoms with Gasteiger partial charge >= 0.3 is 0 Å². The van der Waals surface area contributed by atoms with Crippen LogP contribution in [-0.2, 0) is 0 Å². The second kappa shape index (κ2) is 1.39. The number of rotatable bonds is 0. The van der Waals surface area contributed by atoms with Gasteiger partial charge in [-0.15, -0.1) is 0 Å². The minimum absolute atomic E-state index is 0.231. The van der Waals surface area contributed by atoms with Crippen LogP contribution in [0.15, 0.2) is 9.59 Å². The molecule has 1 heterocycles. The third-order valence-corrected chi connectivity index (χ3v) is 1.22. The van der Waals surface area contributed by atoms with Crippen LogP contribution < -0.4 is 10.6 Å². The summed E-state index contributed by atoms with van der Waals surface area (Å²) in [5.41, 5.74) is 0. The highest BCUT2D eigenvalue weighted by Crippen LogP contribution is 1.69. The van der Waals surface area contributed by atoms with E-state index < -0.39 is 0 Å². The fourth-order valence-corrected chi connectivity index (χ4v) is 0.735. The van der Waals surface area contributed by atoms with Gasteiger partial charge in [0.15, 0.2) is 0 Å². The maximum Gasteiger partial charge on any atom is 0.282 e. The van der Waals surface area contributed by atoms with E-state index in [9.17, 15) is 9.59 Å². The van der Waals surface area contributed by atoms with Crippen molar-refractivity contribution in [2.45, 2.75) is 0 Å². The Morgan fingerprint density at radius 1 is 1.14 bits per heavy atom. The number of hydrogen-bond acceptors (Lipinski definition) is 2. The van der Waals surface area contributed by atoms with Crippen molar-refractivity contribution in [2.24, 2.45) is 0 Å². The molecule has 1 rings (SSSR count). The van der Waals surface area contributed by atoms with Crippen molar-refractivity contribution in [1.82, 2.24) is 10.2 Å². The van der Waals surface area contributed by atoms with Crippen LogP contribution in [-0.4, -0.2) is 10.2 Å². The molecule has 5 heteroatoms. The number of H-pyrrole nitrogens is 2. The third-order valence-electron chi connectivity index (χ3n) is 0.517. The molecule has 0 amide bonds. The van der Waals surface area contributed by atoms with Crippen LogP contribution in [0.5, 0.6) is 0 Å². The summed E-state index contributed by atoms with van der Waals surface area (Å²) in [5, 5.41) is 3.82. The average molecular weight is 118 g/mol. The van der Waals surface area contributed by atoms with E-state index in [1.54, 1.807) is 0 Å². The summed E-state index contributed by atoms with van der Waals surface area (Å²) >= 11 is 0. The van der Waals surface area contributed by atoms with E-state index in [1.807, 2.05) is 0 Å². The van der Waals surface area contributed by atoms with E-state index in [0.717, 1.165) is 0 Å². The van der Waals surface area contributed by atoms with E-state index in [1.165, 1.54) is 0 Å². The molecule has 0 radical (unpaired) electrons. The van der Waals surface area contributed by atoms with E-state index in [4.69, 9.17) is 0 Å². The van der Waals surface area contributed by atoms with Crippen LogP contribution in [0.25, 0.3) is 0 Å². The number of nitrogens with one attached hydrogen (secondary N) is 2. The van der Waals surface area contributed by atoms with Gasteiger partial charge in [0.2, 0.25) is 0 Å². The Labute approximate surface area is 39.6 Å². The monoisotopic (exact) mass is 118 g/mol. The quantitative estimate of drug-likeness (QED) is 0.463. The Morgan fingerprint density at radius 2 is 1.57 bits per heavy atom. The van der Waals surface area contributed by atoms with Gasteiger partial charge in [-0.2, -0.15) is 0 Å². The zero-order valence-electron chi connectivity index (χ0n) is 3.32. The normalized spacial score (nSPS) is 9.14. The molecule has 2 N–H and O–H groups in total. The molecule has 0 fully saturated rings. The van der Waals surface area contributed by atoms with Gasteiger partial charge in [-0.1, -0.05) is 0 Å². The lowest BCUT2D eigenvalue weighted by molar-refractivity contribution is 1.03. The lowest BCUT2D eigenvalue weighted by atomic mass is 11.5. The molecule has 0 saturated carbocycles. The van der Waals surface area contributed by atoms with E-state index in [2.05, 4.69) is 10.2 Å². The molecule has 0 unspecified atom stereocenters. The lowest BCUT2D eigenvalue weighted by Gasteiger charge is -1.54. The van der Waals surface area contributed by atoms with Crippen LogP contribution in [0.1, 0.15) is 0 Å². The van der Waals surface area contributed by atoms with Gasteiger partial charge in [0.05, 0.1) is 0 Å². The fourth-order valence-electron chi connectivity index (χ4n) is 0.279. The molecule has 4 nitrogen and oxygen atoms in total. The van der Waals surface area contributed by atoms with Crippen molar-refractivity contribution in [1.29, 1.82) is 0 Å². The minimum Gasteiger partial charge on any atom is -0.264 e. The largest absolute Gasteiger partial charge is 0.282 e. The fraction of sp³-hybridized carbons (Fsp3) is 0. The topological polar surface area (TPSA) is 65.7 Å². The predicted octanol–water partition coefficient (Wildman–Crippen LogP) is -0.906. The molecule has 38 valence electrons. The summed E-state index contributed by atoms with van der Waals surface area (Å²) in [7, 11) is -0.244. The molecular formula is C2H3N2O2P. The van der Waals surface area contributed by atoms with Crippen molar-refractivity contribution in [2.75, 3.05) is 0 Å². The van der Waals surface area contributed by atoms with Gasteiger partial charge in [-0.3, -0.25) is 19.8 Å². The molecule has 0 spiro atoms. The van der Waals surface area contributed by atoms with E-state index in [-0.39, 0.29) is 18.8 Å². The van der Waals surface area contributed by atoms with Gasteiger partial charge in [-0.05, 0) is 0 Å². The minimum atomic E-state index is -0.244. The third kappa shape index (κ3) is 0.810. The van der Waals surface area contributed by atoms with Crippen molar-refractivity contribution in [3.63, 3.8) is 0 Å². The maximum absolute atomic E-state index is 10.1. The Hall–Kier alpha value is -0.760. The summed E-state index contributed by atoms with van der Waals surface area (Å²) in [4.78, 5) is 20.1. The SMILES string of the molecule is O=c1[nH][nH]c(=O)[pH]1. The smallest absolute Gasteiger partial charge is 0.264 e. The van der Waals surface area contributed by atoms with Gasteiger partial charge in [0.25, 0.3) is 10.6 Å². The van der Waals surface area contributed by atoms with Gasteiger partial charge in [0, 0.05) is 8.19 Å². The first-order valence-electron chi connectivity index (χ1n) is 1.66. The first-order chi connectivity index (χ1) is 3.29. The number of hydrogen-bond donors (Lipinski definition) is 2. The van der Waals surface area contributed by atoms with Crippen molar-refractivity contribution in [3.05, 3.63) is 20.2 Å². The Bertz CT molecular complexity index is 218. The molecule has 1 aromatic heterocycles. The molecule has 0 aromatic carbocycles. The van der Waals surface area contributed by atoms with Gasteiger partial charge in [0.1, 0.15) is 0 Å². The molecule has 7 heavy (non-hydrogen) atoms. The maximum atomic E-state index is 10.1. The van der Waals surface area contributed by atoms with E-state index >= 15 is 0 Å². The first-order valence-corrected chi connectivity index (χ1v) is 2.66. The summed E-state index contributed by atoms with van der Waals surface area (Å²) < 4.78 is 0. The van der Waals surface area contributed by atoms with Crippen molar-refractivity contribution >= 4 is 8.19 Å². The predicted molar refractivity (Wildman–Crippen MR) is 27.2 cm³/mol. The molecular weight excluding hydrogens is 115 g/mol. The molecule has 0 aliphatic rings. The Morgan fingerprint density at radius 3 is 1.71 bits per heavy atom. The number of aromatic amines is 2. The highest BCUT2D eigenvalue weighted by Gasteiger charge is 1.80. The molecule has 0 saturated heterocycles. The Balaban J connectivity index is 3.59. The van der Waals surface area contributed by atoms with Crippen LogP contribution in [0.2, 0.25) is 0 Å². The van der Waals surface area contributed by atoms with Crippen LogP contribution in [0.3, 0.4) is 0 Å². The summed E-state index contributed by atoms with van der Waals surface area (Å²) in [6, 6.07) is 0. The highest BCUT2D eigenvalue weighted by atomic mass is 31.0. The second-order valence-corrected chi connectivity index (χ2v) is 2.19. The molecule has 1 aromatic rings. The average Bonchev–Trinajstić information content (AvgIpc) is 1.87. The second-order valence-electron chi connectivity index (χ2n) is 1.03.